The summed E-state index contributed by atoms with van der Waals surface area (Å²) >= 11 is 6.09. The maximum absolute atomic E-state index is 12.9. The van der Waals surface area contributed by atoms with E-state index in [1.54, 1.807) is 24.3 Å². The van der Waals surface area contributed by atoms with Gasteiger partial charge in [-0.15, -0.1) is 0 Å². The largest absolute Gasteiger partial charge is 0.495 e. The Bertz CT molecular complexity index is 1190. The molecular formula is C21H18ClFN2O5S. The molecule has 0 aliphatic heterocycles. The first-order valence-corrected chi connectivity index (χ1v) is 10.8. The molecule has 10 heteroatoms. The van der Waals surface area contributed by atoms with Gasteiger partial charge < -0.3 is 14.8 Å². The summed E-state index contributed by atoms with van der Waals surface area (Å²) in [6.07, 6.45) is 0. The first kappa shape index (κ1) is 22.4. The second-order valence-electron chi connectivity index (χ2n) is 6.24. The van der Waals surface area contributed by atoms with Gasteiger partial charge in [0.15, 0.2) is 6.61 Å². The Morgan fingerprint density at radius 3 is 2.48 bits per heavy atom. The Balaban J connectivity index is 1.73. The van der Waals surface area contributed by atoms with Crippen LogP contribution in [0.2, 0.25) is 5.02 Å². The van der Waals surface area contributed by atoms with Gasteiger partial charge in [0, 0.05) is 5.69 Å². The molecule has 3 aromatic rings. The van der Waals surface area contributed by atoms with Gasteiger partial charge in [-0.25, -0.2) is 12.8 Å². The summed E-state index contributed by atoms with van der Waals surface area (Å²) in [6.45, 7) is -0.351. The maximum atomic E-state index is 12.9. The summed E-state index contributed by atoms with van der Waals surface area (Å²) in [7, 11) is -2.65. The molecule has 1 amide bonds. The molecule has 0 aliphatic carbocycles. The minimum Gasteiger partial charge on any atom is -0.495 e. The zero-order valence-electron chi connectivity index (χ0n) is 16.3. The molecule has 0 saturated carbocycles. The van der Waals surface area contributed by atoms with Crippen molar-refractivity contribution in [1.82, 2.24) is 0 Å². The van der Waals surface area contributed by atoms with Gasteiger partial charge in [0.1, 0.15) is 22.2 Å². The monoisotopic (exact) mass is 464 g/mol. The fraction of sp³-hybridized carbons (Fsp3) is 0.0952. The van der Waals surface area contributed by atoms with Gasteiger partial charge in [-0.3, -0.25) is 9.52 Å². The van der Waals surface area contributed by atoms with E-state index in [1.807, 2.05) is 0 Å². The maximum Gasteiger partial charge on any atom is 0.263 e. The van der Waals surface area contributed by atoms with Crippen molar-refractivity contribution in [3.05, 3.63) is 77.6 Å². The zero-order chi connectivity index (χ0) is 22.4. The Hall–Kier alpha value is -3.30. The molecule has 0 fully saturated rings. The number of para-hydroxylation sites is 2. The molecule has 162 valence electrons. The third-order valence-corrected chi connectivity index (χ3v) is 5.89. The van der Waals surface area contributed by atoms with E-state index < -0.39 is 21.7 Å². The van der Waals surface area contributed by atoms with Crippen molar-refractivity contribution in [2.24, 2.45) is 0 Å². The van der Waals surface area contributed by atoms with Crippen LogP contribution in [0.5, 0.6) is 11.5 Å². The van der Waals surface area contributed by atoms with Crippen molar-refractivity contribution in [2.45, 2.75) is 4.90 Å². The highest BCUT2D eigenvalue weighted by Gasteiger charge is 2.21. The van der Waals surface area contributed by atoms with Crippen LogP contribution in [0.4, 0.5) is 15.8 Å². The summed E-state index contributed by atoms with van der Waals surface area (Å²) in [5.74, 6) is -0.303. The first-order chi connectivity index (χ1) is 14.8. The van der Waals surface area contributed by atoms with Crippen LogP contribution in [0.1, 0.15) is 0 Å². The number of ether oxygens (including phenoxy) is 2. The number of carbonyl (C=O) groups is 1. The summed E-state index contributed by atoms with van der Waals surface area (Å²) < 4.78 is 51.5. The third kappa shape index (κ3) is 5.87. The molecule has 3 aromatic carbocycles. The van der Waals surface area contributed by atoms with Crippen molar-refractivity contribution >= 4 is 38.9 Å². The van der Waals surface area contributed by atoms with Gasteiger partial charge in [-0.2, -0.15) is 0 Å². The lowest BCUT2D eigenvalue weighted by molar-refractivity contribution is -0.118. The van der Waals surface area contributed by atoms with Crippen LogP contribution in [-0.4, -0.2) is 28.0 Å². The van der Waals surface area contributed by atoms with Crippen LogP contribution < -0.4 is 19.5 Å². The van der Waals surface area contributed by atoms with Gasteiger partial charge >= 0.3 is 0 Å². The molecule has 0 atom stereocenters. The molecule has 0 bridgehead atoms. The number of nitrogens with one attached hydrogen (secondary N) is 2. The molecule has 0 saturated heterocycles. The van der Waals surface area contributed by atoms with Crippen molar-refractivity contribution in [3.8, 4) is 11.5 Å². The number of amides is 1. The SMILES string of the molecule is COc1ccccc1NS(=O)(=O)c1cc(NC(=O)COc2ccc(F)cc2)ccc1Cl. The molecule has 7 nitrogen and oxygen atoms in total. The second-order valence-corrected chi connectivity index (χ2v) is 8.30. The quantitative estimate of drug-likeness (QED) is 0.518. The highest BCUT2D eigenvalue weighted by molar-refractivity contribution is 7.92. The highest BCUT2D eigenvalue weighted by atomic mass is 35.5. The Kier molecular flexibility index (Phi) is 6.98. The molecular weight excluding hydrogens is 447 g/mol. The third-order valence-electron chi connectivity index (χ3n) is 4.04. The van der Waals surface area contributed by atoms with E-state index >= 15 is 0 Å². The Morgan fingerprint density at radius 1 is 1.06 bits per heavy atom. The fourth-order valence-electron chi connectivity index (χ4n) is 2.59. The van der Waals surface area contributed by atoms with Gasteiger partial charge in [-0.1, -0.05) is 23.7 Å². The average molecular weight is 465 g/mol. The number of rotatable bonds is 8. The lowest BCUT2D eigenvalue weighted by atomic mass is 10.3. The predicted molar refractivity (Wildman–Crippen MR) is 116 cm³/mol. The zero-order valence-corrected chi connectivity index (χ0v) is 17.8. The molecule has 0 unspecified atom stereocenters. The van der Waals surface area contributed by atoms with Crippen molar-refractivity contribution in [2.75, 3.05) is 23.8 Å². The van der Waals surface area contributed by atoms with E-state index in [0.29, 0.717) is 11.5 Å². The van der Waals surface area contributed by atoms with Crippen LogP contribution >= 0.6 is 11.6 Å². The predicted octanol–water partition coefficient (Wildman–Crippen LogP) is 4.31. The van der Waals surface area contributed by atoms with E-state index in [4.69, 9.17) is 21.1 Å². The van der Waals surface area contributed by atoms with E-state index in [2.05, 4.69) is 10.0 Å². The molecule has 2 N–H and O–H groups in total. The van der Waals surface area contributed by atoms with Crippen LogP contribution in [0.25, 0.3) is 0 Å². The van der Waals surface area contributed by atoms with Crippen molar-refractivity contribution < 1.29 is 27.1 Å². The lowest BCUT2D eigenvalue weighted by Crippen LogP contribution is -2.20. The Morgan fingerprint density at radius 2 is 1.77 bits per heavy atom. The number of sulfonamides is 1. The molecule has 0 aromatic heterocycles. The van der Waals surface area contributed by atoms with Crippen LogP contribution in [0.15, 0.2) is 71.6 Å². The van der Waals surface area contributed by atoms with Gasteiger partial charge in [0.25, 0.3) is 15.9 Å². The number of hydrogen-bond acceptors (Lipinski definition) is 5. The molecule has 0 radical (unpaired) electrons. The van der Waals surface area contributed by atoms with Crippen LogP contribution in [0, 0.1) is 5.82 Å². The van der Waals surface area contributed by atoms with Gasteiger partial charge in [-0.05, 0) is 54.6 Å². The van der Waals surface area contributed by atoms with E-state index in [0.717, 1.165) is 0 Å². The summed E-state index contributed by atoms with van der Waals surface area (Å²) in [5.41, 5.74) is 0.445. The average Bonchev–Trinajstić information content (AvgIpc) is 2.74. The lowest BCUT2D eigenvalue weighted by Gasteiger charge is -2.14. The van der Waals surface area contributed by atoms with Crippen LogP contribution in [0.3, 0.4) is 0 Å². The van der Waals surface area contributed by atoms with E-state index in [9.17, 15) is 17.6 Å². The number of benzene rings is 3. The number of anilines is 2. The minimum atomic E-state index is -4.07. The normalized spacial score (nSPS) is 10.9. The topological polar surface area (TPSA) is 93.7 Å². The molecule has 0 aliphatic rings. The minimum absolute atomic E-state index is 0.0250. The standard InChI is InChI=1S/C21H18ClFN2O5S/c1-29-19-5-3-2-4-18(19)25-31(27,28)20-12-15(8-11-17(20)22)24-21(26)13-30-16-9-6-14(23)7-10-16/h2-12,25H,13H2,1H3,(H,24,26). The Labute approximate surface area is 183 Å². The van der Waals surface area contributed by atoms with Gasteiger partial charge in [0.05, 0.1) is 17.8 Å². The number of carbonyl (C=O) groups excluding carboxylic acids is 1. The smallest absolute Gasteiger partial charge is 0.263 e. The molecule has 0 spiro atoms. The molecule has 31 heavy (non-hydrogen) atoms. The number of hydrogen-bond donors (Lipinski definition) is 2. The summed E-state index contributed by atoms with van der Waals surface area (Å²) in [5, 5.41) is 2.51. The van der Waals surface area contributed by atoms with E-state index in [-0.39, 0.29) is 27.9 Å². The number of halogens is 2. The number of methoxy groups -OCH3 is 1. The van der Waals surface area contributed by atoms with Crippen molar-refractivity contribution in [1.29, 1.82) is 0 Å². The molecule has 0 heterocycles. The summed E-state index contributed by atoms with van der Waals surface area (Å²) in [4.78, 5) is 11.9. The fourth-order valence-corrected chi connectivity index (χ4v) is 4.19. The van der Waals surface area contributed by atoms with Crippen molar-refractivity contribution in [3.63, 3.8) is 0 Å². The van der Waals surface area contributed by atoms with Gasteiger partial charge in [0.2, 0.25) is 0 Å². The van der Waals surface area contributed by atoms with Crippen LogP contribution in [-0.2, 0) is 14.8 Å². The first-order valence-electron chi connectivity index (χ1n) is 8.92. The molecule has 3 rings (SSSR count). The summed E-state index contributed by atoms with van der Waals surface area (Å²) in [6, 6.07) is 15.7. The second kappa shape index (κ2) is 9.67. The van der Waals surface area contributed by atoms with E-state index in [1.165, 1.54) is 49.6 Å². The highest BCUT2D eigenvalue weighted by Crippen LogP contribution is 2.30.